The Labute approximate surface area is 168 Å². The molecule has 1 amide bonds. The van der Waals surface area contributed by atoms with Crippen molar-refractivity contribution in [3.63, 3.8) is 0 Å². The maximum absolute atomic E-state index is 12.1. The zero-order chi connectivity index (χ0) is 19.5. The van der Waals surface area contributed by atoms with Crippen molar-refractivity contribution in [3.8, 4) is 0 Å². The number of carbonyl (C=O) groups is 1. The number of aromatic nitrogens is 1. The molecule has 1 aromatic heterocycles. The van der Waals surface area contributed by atoms with Gasteiger partial charge in [0.05, 0.1) is 16.1 Å². The van der Waals surface area contributed by atoms with Gasteiger partial charge in [-0.1, -0.05) is 36.0 Å². The lowest BCUT2D eigenvalue weighted by molar-refractivity contribution is -0.658. The van der Waals surface area contributed by atoms with Crippen LogP contribution in [0.1, 0.15) is 5.56 Å². The monoisotopic (exact) mass is 391 g/mol. The summed E-state index contributed by atoms with van der Waals surface area (Å²) in [4.78, 5) is 15.6. The van der Waals surface area contributed by atoms with Crippen LogP contribution < -0.4 is 20.5 Å². The molecule has 1 aliphatic heterocycles. The molecular weight excluding hydrogens is 368 g/mol. The van der Waals surface area contributed by atoms with Gasteiger partial charge < -0.3 is 16.0 Å². The van der Waals surface area contributed by atoms with E-state index in [1.807, 2.05) is 29.0 Å². The minimum Gasteiger partial charge on any atom is -0.349 e. The van der Waals surface area contributed by atoms with Crippen LogP contribution in [0, 0.1) is 0 Å². The van der Waals surface area contributed by atoms with Crippen LogP contribution >= 0.6 is 11.8 Å². The zero-order valence-corrected chi connectivity index (χ0v) is 16.6. The summed E-state index contributed by atoms with van der Waals surface area (Å²) in [6.07, 6.45) is 4.19. The minimum absolute atomic E-state index is 0.0340. The number of nitrogens with two attached hydrogens (primary N) is 1. The highest BCUT2D eigenvalue weighted by Crippen LogP contribution is 2.45. The van der Waals surface area contributed by atoms with Crippen LogP contribution in [-0.2, 0) is 11.3 Å². The lowest BCUT2D eigenvalue weighted by atomic mass is 10.1. The van der Waals surface area contributed by atoms with E-state index in [9.17, 15) is 4.79 Å². The standard InChI is InChI=1S/C22H22N4OS/c1-25-19-8-4-5-9-20(19)28-22(25)14-16-10-13-26(15-21(27)24-12-11-23)18-7-3-2-6-17(16)18/h2-10,13-14H,11-12,15,23H2,1H3/p+1. The Balaban J connectivity index is 1.68. The second-order valence-corrected chi connectivity index (χ2v) is 7.73. The summed E-state index contributed by atoms with van der Waals surface area (Å²) >= 11 is 1.78. The summed E-state index contributed by atoms with van der Waals surface area (Å²) in [5.41, 5.74) is 8.86. The normalized spacial score (nSPS) is 14.5. The number of hydrogen-bond donors (Lipinski definition) is 2. The molecule has 0 atom stereocenters. The molecule has 0 radical (unpaired) electrons. The van der Waals surface area contributed by atoms with E-state index in [-0.39, 0.29) is 12.5 Å². The van der Waals surface area contributed by atoms with Crippen LogP contribution in [-0.4, -0.2) is 26.0 Å². The second kappa shape index (κ2) is 8.04. The number of amides is 1. The highest BCUT2D eigenvalue weighted by molar-refractivity contribution is 8.03. The van der Waals surface area contributed by atoms with Crippen molar-refractivity contribution >= 4 is 40.3 Å². The Morgan fingerprint density at radius 2 is 1.96 bits per heavy atom. The van der Waals surface area contributed by atoms with Crippen LogP contribution in [0.25, 0.3) is 17.0 Å². The van der Waals surface area contributed by atoms with Crippen molar-refractivity contribution in [2.45, 2.75) is 11.4 Å². The third-order valence-electron chi connectivity index (χ3n) is 4.79. The third kappa shape index (κ3) is 3.61. The molecule has 2 aromatic carbocycles. The van der Waals surface area contributed by atoms with Crippen LogP contribution in [0.15, 0.2) is 70.7 Å². The first-order chi connectivity index (χ1) is 13.7. The first-order valence-corrected chi connectivity index (χ1v) is 10.1. The van der Waals surface area contributed by atoms with E-state index in [4.69, 9.17) is 5.73 Å². The highest BCUT2D eigenvalue weighted by atomic mass is 32.2. The maximum atomic E-state index is 12.1. The molecule has 3 N–H and O–H groups in total. The molecule has 1 aliphatic rings. The predicted octanol–water partition coefficient (Wildman–Crippen LogP) is 2.74. The van der Waals surface area contributed by atoms with Crippen molar-refractivity contribution in [2.24, 2.45) is 5.73 Å². The number of thioether (sulfide) groups is 1. The third-order valence-corrected chi connectivity index (χ3v) is 5.96. The molecule has 142 valence electrons. The quantitative estimate of drug-likeness (QED) is 0.657. The van der Waals surface area contributed by atoms with Gasteiger partial charge in [-0.3, -0.25) is 4.79 Å². The van der Waals surface area contributed by atoms with Crippen molar-refractivity contribution in [2.75, 3.05) is 25.0 Å². The minimum atomic E-state index is -0.0340. The molecule has 4 rings (SSSR count). The summed E-state index contributed by atoms with van der Waals surface area (Å²) in [7, 11) is 2.09. The number of anilines is 1. The molecule has 0 aliphatic carbocycles. The Hall–Kier alpha value is -2.83. The fourth-order valence-electron chi connectivity index (χ4n) is 3.37. The number of para-hydroxylation sites is 2. The summed E-state index contributed by atoms with van der Waals surface area (Å²) in [5, 5.41) is 5.13. The summed E-state index contributed by atoms with van der Waals surface area (Å²) < 4.78 is 1.98. The average molecular weight is 392 g/mol. The molecule has 0 saturated carbocycles. The van der Waals surface area contributed by atoms with E-state index in [0.29, 0.717) is 13.1 Å². The lowest BCUT2D eigenvalue weighted by Gasteiger charge is -2.13. The molecule has 2 heterocycles. The van der Waals surface area contributed by atoms with Gasteiger partial charge in [0.25, 0.3) is 5.91 Å². The van der Waals surface area contributed by atoms with Crippen molar-refractivity contribution in [1.82, 2.24) is 5.32 Å². The van der Waals surface area contributed by atoms with E-state index in [1.165, 1.54) is 15.6 Å². The molecular formula is C22H23N4OS+. The zero-order valence-electron chi connectivity index (χ0n) is 15.8. The van der Waals surface area contributed by atoms with Gasteiger partial charge in [0, 0.05) is 37.2 Å². The van der Waals surface area contributed by atoms with Gasteiger partial charge in [0.15, 0.2) is 6.20 Å². The molecule has 0 spiro atoms. The average Bonchev–Trinajstić information content (AvgIpc) is 3.04. The molecule has 3 aromatic rings. The first-order valence-electron chi connectivity index (χ1n) is 9.27. The molecule has 0 bridgehead atoms. The van der Waals surface area contributed by atoms with E-state index in [2.05, 4.69) is 59.7 Å². The Bertz CT molecular complexity index is 1060. The van der Waals surface area contributed by atoms with E-state index < -0.39 is 0 Å². The van der Waals surface area contributed by atoms with Crippen LogP contribution in [0.3, 0.4) is 0 Å². The Kier molecular flexibility index (Phi) is 5.32. The number of fused-ring (bicyclic) bond motifs is 2. The largest absolute Gasteiger partial charge is 0.349 e. The summed E-state index contributed by atoms with van der Waals surface area (Å²) in [6, 6.07) is 18.7. The molecule has 0 fully saturated rings. The number of nitrogens with one attached hydrogen (secondary N) is 1. The maximum Gasteiger partial charge on any atom is 0.286 e. The van der Waals surface area contributed by atoms with Gasteiger partial charge in [0.2, 0.25) is 12.1 Å². The molecule has 0 saturated heterocycles. The van der Waals surface area contributed by atoms with Gasteiger partial charge in [-0.25, -0.2) is 0 Å². The van der Waals surface area contributed by atoms with Crippen LogP contribution in [0.2, 0.25) is 0 Å². The van der Waals surface area contributed by atoms with Crippen molar-refractivity contribution in [3.05, 3.63) is 71.4 Å². The fourth-order valence-corrected chi connectivity index (χ4v) is 4.48. The van der Waals surface area contributed by atoms with E-state index >= 15 is 0 Å². The highest BCUT2D eigenvalue weighted by Gasteiger charge is 2.22. The molecule has 28 heavy (non-hydrogen) atoms. The predicted molar refractivity (Wildman–Crippen MR) is 115 cm³/mol. The summed E-state index contributed by atoms with van der Waals surface area (Å²) in [6.45, 7) is 1.21. The molecule has 5 nitrogen and oxygen atoms in total. The number of benzene rings is 2. The molecule has 6 heteroatoms. The van der Waals surface area contributed by atoms with E-state index in [1.54, 1.807) is 11.8 Å². The van der Waals surface area contributed by atoms with Crippen molar-refractivity contribution in [1.29, 1.82) is 0 Å². The van der Waals surface area contributed by atoms with Gasteiger partial charge in [-0.05, 0) is 29.8 Å². The summed E-state index contributed by atoms with van der Waals surface area (Å²) in [5.74, 6) is -0.0340. The fraction of sp³-hybridized carbons (Fsp3) is 0.182. The van der Waals surface area contributed by atoms with Gasteiger partial charge in [-0.15, -0.1) is 0 Å². The van der Waals surface area contributed by atoms with Crippen LogP contribution in [0.5, 0.6) is 0 Å². The van der Waals surface area contributed by atoms with Gasteiger partial charge in [0.1, 0.15) is 0 Å². The number of carbonyl (C=O) groups excluding carboxylic acids is 1. The lowest BCUT2D eigenvalue weighted by Crippen LogP contribution is -2.44. The van der Waals surface area contributed by atoms with Crippen LogP contribution in [0.4, 0.5) is 5.69 Å². The Morgan fingerprint density at radius 3 is 2.79 bits per heavy atom. The number of pyridine rings is 1. The van der Waals surface area contributed by atoms with Gasteiger partial charge in [-0.2, -0.15) is 4.57 Å². The Morgan fingerprint density at radius 1 is 1.18 bits per heavy atom. The topological polar surface area (TPSA) is 62.2 Å². The molecule has 0 unspecified atom stereocenters. The van der Waals surface area contributed by atoms with E-state index in [0.717, 1.165) is 16.5 Å². The second-order valence-electron chi connectivity index (χ2n) is 6.67. The number of nitrogens with zero attached hydrogens (tertiary/aromatic N) is 2. The number of rotatable bonds is 5. The smallest absolute Gasteiger partial charge is 0.286 e. The number of hydrogen-bond acceptors (Lipinski definition) is 4. The SMILES string of the molecule is CN1/C(=C/c2cc[n+](CC(=O)NCCN)c3ccccc23)Sc2ccccc21. The van der Waals surface area contributed by atoms with Gasteiger partial charge >= 0.3 is 0 Å². The first kappa shape index (κ1) is 18.5. The van der Waals surface area contributed by atoms with Crippen molar-refractivity contribution < 1.29 is 9.36 Å².